The van der Waals surface area contributed by atoms with Gasteiger partial charge in [-0.05, 0) is 36.4 Å². The van der Waals surface area contributed by atoms with Crippen molar-refractivity contribution in [1.29, 1.82) is 0 Å². The average molecular weight is 416 g/mol. The van der Waals surface area contributed by atoms with E-state index in [4.69, 9.17) is 5.73 Å². The number of hydrogen-bond acceptors (Lipinski definition) is 5. The lowest BCUT2D eigenvalue weighted by atomic mass is 10.1. The molecule has 4 N–H and O–H groups in total. The van der Waals surface area contributed by atoms with Crippen LogP contribution in [0.3, 0.4) is 0 Å². The van der Waals surface area contributed by atoms with Gasteiger partial charge in [0, 0.05) is 24.3 Å². The molecule has 1 saturated heterocycles. The van der Waals surface area contributed by atoms with Crippen LogP contribution in [0.4, 0.5) is 5.69 Å². The third-order valence-corrected chi connectivity index (χ3v) is 6.39. The number of nitrogens with two attached hydrogens (primary N) is 1. The van der Waals surface area contributed by atoms with Crippen molar-refractivity contribution in [3.05, 3.63) is 60.2 Å². The Morgan fingerprint density at radius 2 is 1.76 bits per heavy atom. The molecule has 10 heteroatoms. The molecule has 2 aromatic rings. The van der Waals surface area contributed by atoms with Crippen LogP contribution in [-0.4, -0.2) is 49.6 Å². The fraction of sp³-hybridized carbons (Fsp3) is 0.211. The van der Waals surface area contributed by atoms with E-state index in [2.05, 4.69) is 10.6 Å². The lowest BCUT2D eigenvalue weighted by Crippen LogP contribution is -2.57. The minimum Gasteiger partial charge on any atom is -0.366 e. The number of rotatable bonds is 6. The molecule has 0 saturated carbocycles. The molecule has 0 bridgehead atoms. The Hall–Kier alpha value is -3.24. The summed E-state index contributed by atoms with van der Waals surface area (Å²) in [5, 5.41) is 5.19. The largest absolute Gasteiger partial charge is 0.366 e. The monoisotopic (exact) mass is 416 g/mol. The number of carbonyl (C=O) groups excluding carboxylic acids is 3. The number of benzene rings is 2. The van der Waals surface area contributed by atoms with Crippen LogP contribution in [0.25, 0.3) is 0 Å². The van der Waals surface area contributed by atoms with E-state index in [9.17, 15) is 22.8 Å². The van der Waals surface area contributed by atoms with Crippen molar-refractivity contribution in [2.75, 3.05) is 18.4 Å². The predicted molar refractivity (Wildman–Crippen MR) is 105 cm³/mol. The van der Waals surface area contributed by atoms with Gasteiger partial charge in [-0.15, -0.1) is 0 Å². The van der Waals surface area contributed by atoms with Gasteiger partial charge in [0.15, 0.2) is 0 Å². The Bertz CT molecular complexity index is 1020. The highest BCUT2D eigenvalue weighted by atomic mass is 32.2. The first kappa shape index (κ1) is 20.5. The molecule has 9 nitrogen and oxygen atoms in total. The maximum Gasteiger partial charge on any atom is 0.248 e. The SMILES string of the molecule is NC(=O)c1ccc(NC(=O)CC2C(=O)NCCN2S(=O)(=O)c2ccccc2)cc1. The third-order valence-electron chi connectivity index (χ3n) is 4.46. The van der Waals surface area contributed by atoms with Gasteiger partial charge in [0.1, 0.15) is 6.04 Å². The number of nitrogens with one attached hydrogen (secondary N) is 2. The van der Waals surface area contributed by atoms with Crippen LogP contribution in [0.15, 0.2) is 59.5 Å². The first-order chi connectivity index (χ1) is 13.8. The van der Waals surface area contributed by atoms with Gasteiger partial charge in [-0.3, -0.25) is 14.4 Å². The second-order valence-electron chi connectivity index (χ2n) is 6.43. The highest BCUT2D eigenvalue weighted by molar-refractivity contribution is 7.89. The van der Waals surface area contributed by atoms with Crippen LogP contribution >= 0.6 is 0 Å². The summed E-state index contributed by atoms with van der Waals surface area (Å²) in [4.78, 5) is 36.0. The van der Waals surface area contributed by atoms with Crippen LogP contribution in [0.2, 0.25) is 0 Å². The van der Waals surface area contributed by atoms with E-state index in [0.29, 0.717) is 5.69 Å². The summed E-state index contributed by atoms with van der Waals surface area (Å²) < 4.78 is 27.0. The van der Waals surface area contributed by atoms with Crippen molar-refractivity contribution in [2.45, 2.75) is 17.4 Å². The fourth-order valence-corrected chi connectivity index (χ4v) is 4.62. The van der Waals surface area contributed by atoms with Crippen LogP contribution in [0.5, 0.6) is 0 Å². The standard InChI is InChI=1S/C19H20N4O5S/c20-18(25)13-6-8-14(9-7-13)22-17(24)12-16-19(26)21-10-11-23(16)29(27,28)15-4-2-1-3-5-15/h1-9,16H,10-12H2,(H2,20,25)(H,21,26)(H,22,24). The van der Waals surface area contributed by atoms with Crippen molar-refractivity contribution < 1.29 is 22.8 Å². The van der Waals surface area contributed by atoms with E-state index < -0.39 is 33.8 Å². The quantitative estimate of drug-likeness (QED) is 0.622. The minimum absolute atomic E-state index is 0.0575. The maximum absolute atomic E-state index is 13.0. The lowest BCUT2D eigenvalue weighted by molar-refractivity contribution is -0.130. The Balaban J connectivity index is 1.76. The van der Waals surface area contributed by atoms with Gasteiger partial charge in [0.05, 0.1) is 11.3 Å². The first-order valence-electron chi connectivity index (χ1n) is 8.83. The van der Waals surface area contributed by atoms with Crippen molar-refractivity contribution in [3.8, 4) is 0 Å². The molecule has 0 aromatic heterocycles. The molecule has 29 heavy (non-hydrogen) atoms. The highest BCUT2D eigenvalue weighted by Crippen LogP contribution is 2.22. The van der Waals surface area contributed by atoms with E-state index in [0.717, 1.165) is 4.31 Å². The number of anilines is 1. The molecule has 1 atom stereocenters. The Kier molecular flexibility index (Phi) is 5.95. The van der Waals surface area contributed by atoms with Gasteiger partial charge >= 0.3 is 0 Å². The number of sulfonamides is 1. The smallest absolute Gasteiger partial charge is 0.248 e. The summed E-state index contributed by atoms with van der Waals surface area (Å²) in [5.41, 5.74) is 5.86. The van der Waals surface area contributed by atoms with Gasteiger partial charge in [-0.1, -0.05) is 18.2 Å². The van der Waals surface area contributed by atoms with Gasteiger partial charge in [-0.2, -0.15) is 4.31 Å². The van der Waals surface area contributed by atoms with Crippen LogP contribution in [0, 0.1) is 0 Å². The normalized spacial score (nSPS) is 17.4. The minimum atomic E-state index is -3.94. The van der Waals surface area contributed by atoms with Crippen molar-refractivity contribution >= 4 is 33.4 Å². The van der Waals surface area contributed by atoms with Gasteiger partial charge in [-0.25, -0.2) is 8.42 Å². The van der Waals surface area contributed by atoms with Crippen LogP contribution in [0.1, 0.15) is 16.8 Å². The number of piperazine rings is 1. The topological polar surface area (TPSA) is 139 Å². The van der Waals surface area contributed by atoms with Crippen molar-refractivity contribution in [1.82, 2.24) is 9.62 Å². The molecule has 1 aliphatic rings. The second kappa shape index (κ2) is 8.41. The molecule has 0 aliphatic carbocycles. The van der Waals surface area contributed by atoms with E-state index in [1.807, 2.05) is 0 Å². The van der Waals surface area contributed by atoms with E-state index in [-0.39, 0.29) is 30.0 Å². The summed E-state index contributed by atoms with van der Waals surface area (Å²) in [6, 6.07) is 12.5. The zero-order chi connectivity index (χ0) is 21.0. The number of primary amides is 1. The summed E-state index contributed by atoms with van der Waals surface area (Å²) in [5.74, 6) is -1.66. The Morgan fingerprint density at radius 1 is 1.10 bits per heavy atom. The first-order valence-corrected chi connectivity index (χ1v) is 10.3. The Labute approximate surface area is 167 Å². The number of nitrogens with zero attached hydrogens (tertiary/aromatic N) is 1. The number of amides is 3. The van der Waals surface area contributed by atoms with Gasteiger partial charge in [0.2, 0.25) is 27.7 Å². The van der Waals surface area contributed by atoms with Crippen molar-refractivity contribution in [3.63, 3.8) is 0 Å². The summed E-state index contributed by atoms with van der Waals surface area (Å²) in [7, 11) is -3.94. The second-order valence-corrected chi connectivity index (χ2v) is 8.32. The lowest BCUT2D eigenvalue weighted by Gasteiger charge is -2.33. The van der Waals surface area contributed by atoms with Gasteiger partial charge in [0.25, 0.3) is 0 Å². The molecular weight excluding hydrogens is 396 g/mol. The summed E-state index contributed by atoms with van der Waals surface area (Å²) >= 11 is 0. The fourth-order valence-electron chi connectivity index (χ4n) is 3.01. The number of hydrogen-bond donors (Lipinski definition) is 3. The molecule has 152 valence electrons. The molecule has 2 aromatic carbocycles. The molecular formula is C19H20N4O5S. The van der Waals surface area contributed by atoms with E-state index in [1.54, 1.807) is 18.2 Å². The molecule has 1 fully saturated rings. The predicted octanol–water partition coefficient (Wildman–Crippen LogP) is 0.303. The average Bonchev–Trinajstić information content (AvgIpc) is 2.70. The summed E-state index contributed by atoms with van der Waals surface area (Å²) in [6.45, 7) is 0.228. The molecule has 3 amide bonds. The molecule has 1 unspecified atom stereocenters. The number of carbonyl (C=O) groups is 3. The molecule has 0 spiro atoms. The van der Waals surface area contributed by atoms with E-state index >= 15 is 0 Å². The van der Waals surface area contributed by atoms with E-state index in [1.165, 1.54) is 36.4 Å². The Morgan fingerprint density at radius 3 is 2.38 bits per heavy atom. The zero-order valence-electron chi connectivity index (χ0n) is 15.4. The molecule has 3 rings (SSSR count). The van der Waals surface area contributed by atoms with Crippen LogP contribution in [-0.2, 0) is 19.6 Å². The zero-order valence-corrected chi connectivity index (χ0v) is 16.2. The van der Waals surface area contributed by atoms with Gasteiger partial charge < -0.3 is 16.4 Å². The maximum atomic E-state index is 13.0. The molecule has 0 radical (unpaired) electrons. The molecule has 1 heterocycles. The van der Waals surface area contributed by atoms with Crippen molar-refractivity contribution in [2.24, 2.45) is 5.73 Å². The highest BCUT2D eigenvalue weighted by Gasteiger charge is 2.39. The third kappa shape index (κ3) is 4.61. The summed E-state index contributed by atoms with van der Waals surface area (Å²) in [6.07, 6.45) is -0.352. The van der Waals surface area contributed by atoms with Crippen LogP contribution < -0.4 is 16.4 Å². The molecule has 1 aliphatic heterocycles.